The van der Waals surface area contributed by atoms with Gasteiger partial charge in [-0.2, -0.15) is 0 Å². The number of aliphatic hydroxyl groups is 1. The summed E-state index contributed by atoms with van der Waals surface area (Å²) in [5, 5.41) is 21.4. The van der Waals surface area contributed by atoms with Gasteiger partial charge in [-0.15, -0.1) is 5.92 Å². The smallest absolute Gasteiger partial charge is 0.309 e. The Bertz CT molecular complexity index is 628. The maximum absolute atomic E-state index is 11.6. The lowest BCUT2D eigenvalue weighted by molar-refractivity contribution is -0.141. The van der Waals surface area contributed by atoms with Gasteiger partial charge in [-0.1, -0.05) is 12.8 Å². The van der Waals surface area contributed by atoms with Gasteiger partial charge in [-0.3, -0.25) is 9.69 Å². The first-order valence-electron chi connectivity index (χ1n) is 8.46. The Morgan fingerprint density at radius 3 is 2.92 bits per heavy atom. The molecule has 0 bridgehead atoms. The number of aromatic nitrogens is 2. The molecule has 8 heteroatoms. The summed E-state index contributed by atoms with van der Waals surface area (Å²) in [5.74, 6) is 6.09. The minimum atomic E-state index is -0.812. The zero-order chi connectivity index (χ0) is 18.1. The normalized spacial score (nSPS) is 18.2. The van der Waals surface area contributed by atoms with Gasteiger partial charge in [0.1, 0.15) is 18.0 Å². The van der Waals surface area contributed by atoms with Crippen molar-refractivity contribution < 1.29 is 15.0 Å². The fourth-order valence-electron chi connectivity index (χ4n) is 2.68. The largest absolute Gasteiger partial charge is 0.481 e. The Kier molecular flexibility index (Phi) is 7.44. The molecule has 25 heavy (non-hydrogen) atoms. The zero-order valence-electron chi connectivity index (χ0n) is 14.5. The van der Waals surface area contributed by atoms with Gasteiger partial charge in [0.15, 0.2) is 0 Å². The van der Waals surface area contributed by atoms with Gasteiger partial charge in [0.25, 0.3) is 0 Å². The van der Waals surface area contributed by atoms with Crippen molar-refractivity contribution in [2.45, 2.75) is 13.3 Å². The Morgan fingerprint density at radius 1 is 1.36 bits per heavy atom. The van der Waals surface area contributed by atoms with Gasteiger partial charge >= 0.3 is 5.97 Å². The molecule has 1 atom stereocenters. The molecule has 0 saturated carbocycles. The highest BCUT2D eigenvalue weighted by Crippen LogP contribution is 2.19. The van der Waals surface area contributed by atoms with Crippen molar-refractivity contribution in [3.63, 3.8) is 0 Å². The molecule has 1 aliphatic heterocycles. The molecule has 1 aromatic rings. The molecule has 1 aromatic heterocycles. The van der Waals surface area contributed by atoms with E-state index < -0.39 is 11.9 Å². The van der Waals surface area contributed by atoms with Gasteiger partial charge in [0.05, 0.1) is 19.1 Å². The topological polar surface area (TPSA) is 102 Å². The van der Waals surface area contributed by atoms with E-state index in [9.17, 15) is 9.90 Å². The maximum atomic E-state index is 11.6. The molecule has 0 aliphatic carbocycles. The first kappa shape index (κ1) is 19.0. The molecule has 0 aromatic carbocycles. The number of aliphatic hydroxyl groups excluding tert-OH is 1. The third kappa shape index (κ3) is 5.89. The second-order valence-electron chi connectivity index (χ2n) is 5.84. The lowest BCUT2D eigenvalue weighted by Gasteiger charge is -2.23. The van der Waals surface area contributed by atoms with Crippen LogP contribution in [0.2, 0.25) is 0 Å². The van der Waals surface area contributed by atoms with Crippen LogP contribution in [0.5, 0.6) is 0 Å². The second-order valence-corrected chi connectivity index (χ2v) is 5.84. The quantitative estimate of drug-likeness (QED) is 0.624. The first-order valence-corrected chi connectivity index (χ1v) is 8.46. The van der Waals surface area contributed by atoms with E-state index in [0.717, 1.165) is 13.0 Å². The molecule has 8 nitrogen and oxygen atoms in total. The highest BCUT2D eigenvalue weighted by atomic mass is 16.4. The molecule has 1 fully saturated rings. The van der Waals surface area contributed by atoms with E-state index >= 15 is 0 Å². The van der Waals surface area contributed by atoms with Crippen LogP contribution >= 0.6 is 0 Å². The van der Waals surface area contributed by atoms with E-state index in [4.69, 9.17) is 5.11 Å². The SMILES string of the molecule is CCC#CCN1CCN(c2cc(NCCO)ncn2)C[C@@H](C(=O)O)C1. The van der Waals surface area contributed by atoms with Crippen molar-refractivity contribution >= 4 is 17.6 Å². The average Bonchev–Trinajstić information content (AvgIpc) is 2.83. The van der Waals surface area contributed by atoms with E-state index in [2.05, 4.69) is 32.0 Å². The van der Waals surface area contributed by atoms with E-state index in [-0.39, 0.29) is 6.61 Å². The fraction of sp³-hybridized carbons (Fsp3) is 0.588. The highest BCUT2D eigenvalue weighted by molar-refractivity contribution is 5.71. The van der Waals surface area contributed by atoms with Gasteiger partial charge in [0.2, 0.25) is 0 Å². The molecular weight excluding hydrogens is 322 g/mol. The molecular formula is C17H25N5O3. The Balaban J connectivity index is 2.11. The second kappa shape index (κ2) is 9.81. The minimum absolute atomic E-state index is 0.0118. The van der Waals surface area contributed by atoms with Gasteiger partial charge in [-0.05, 0) is 0 Å². The molecule has 0 radical (unpaired) electrons. The predicted octanol–water partition coefficient (Wildman–Crippen LogP) is 0.117. The number of hydrogen-bond donors (Lipinski definition) is 3. The summed E-state index contributed by atoms with van der Waals surface area (Å²) in [6.45, 7) is 5.26. The number of carboxylic acids is 1. The summed E-state index contributed by atoms with van der Waals surface area (Å²) in [6, 6.07) is 1.78. The van der Waals surface area contributed by atoms with Crippen LogP contribution in [0, 0.1) is 17.8 Å². The van der Waals surface area contributed by atoms with Crippen LogP contribution in [-0.2, 0) is 4.79 Å². The van der Waals surface area contributed by atoms with E-state index in [1.165, 1.54) is 6.33 Å². The van der Waals surface area contributed by atoms with E-state index in [1.807, 2.05) is 11.8 Å². The molecule has 136 valence electrons. The van der Waals surface area contributed by atoms with Crippen LogP contribution in [0.4, 0.5) is 11.6 Å². The molecule has 2 rings (SSSR count). The number of rotatable bonds is 6. The summed E-state index contributed by atoms with van der Waals surface area (Å²) < 4.78 is 0. The first-order chi connectivity index (χ1) is 12.1. The lowest BCUT2D eigenvalue weighted by atomic mass is 10.1. The molecule has 0 unspecified atom stereocenters. The standard InChI is InChI=1S/C17H25N5O3/c1-2-3-4-6-21-7-8-22(12-14(11-21)17(24)25)16-10-15(18-5-9-23)19-13-20-16/h10,13-14,23H,2,5-9,11-12H2,1H3,(H,24,25)(H,18,19,20)/t14-/m0/s1. The summed E-state index contributed by atoms with van der Waals surface area (Å²) in [4.78, 5) is 24.0. The molecule has 0 amide bonds. The number of aliphatic carboxylic acids is 1. The van der Waals surface area contributed by atoms with Crippen molar-refractivity contribution in [3.8, 4) is 11.8 Å². The van der Waals surface area contributed by atoms with Gasteiger partial charge in [0, 0.05) is 45.2 Å². The van der Waals surface area contributed by atoms with Crippen LogP contribution in [0.15, 0.2) is 12.4 Å². The molecule has 1 aliphatic rings. The van der Waals surface area contributed by atoms with E-state index in [1.54, 1.807) is 6.07 Å². The lowest BCUT2D eigenvalue weighted by Crippen LogP contribution is -2.35. The number of carbonyl (C=O) groups is 1. The van der Waals surface area contributed by atoms with Gasteiger partial charge in [-0.25, -0.2) is 9.97 Å². The predicted molar refractivity (Wildman–Crippen MR) is 95.5 cm³/mol. The van der Waals surface area contributed by atoms with E-state index in [0.29, 0.717) is 44.4 Å². The van der Waals surface area contributed by atoms with Crippen LogP contribution in [0.25, 0.3) is 0 Å². The van der Waals surface area contributed by atoms with Crippen LogP contribution in [0.3, 0.4) is 0 Å². The Labute approximate surface area is 147 Å². The Hall–Kier alpha value is -2.37. The summed E-state index contributed by atoms with van der Waals surface area (Å²) in [5.41, 5.74) is 0. The minimum Gasteiger partial charge on any atom is -0.481 e. The third-order valence-corrected chi connectivity index (χ3v) is 3.95. The summed E-state index contributed by atoms with van der Waals surface area (Å²) in [6.07, 6.45) is 2.24. The van der Waals surface area contributed by atoms with Crippen molar-refractivity contribution in [2.24, 2.45) is 5.92 Å². The van der Waals surface area contributed by atoms with Crippen LogP contribution < -0.4 is 10.2 Å². The van der Waals surface area contributed by atoms with Crippen LogP contribution in [-0.4, -0.2) is 76.9 Å². The monoisotopic (exact) mass is 347 g/mol. The fourth-order valence-corrected chi connectivity index (χ4v) is 2.68. The summed E-state index contributed by atoms with van der Waals surface area (Å²) in [7, 11) is 0. The number of carboxylic acid groups (broad SMARTS) is 1. The molecule has 2 heterocycles. The molecule has 1 saturated heterocycles. The molecule has 3 N–H and O–H groups in total. The number of anilines is 2. The third-order valence-electron chi connectivity index (χ3n) is 3.95. The zero-order valence-corrected chi connectivity index (χ0v) is 14.5. The van der Waals surface area contributed by atoms with Crippen molar-refractivity contribution in [1.29, 1.82) is 0 Å². The average molecular weight is 347 g/mol. The Morgan fingerprint density at radius 2 is 2.20 bits per heavy atom. The van der Waals surface area contributed by atoms with Crippen molar-refractivity contribution in [3.05, 3.63) is 12.4 Å². The maximum Gasteiger partial charge on any atom is 0.309 e. The summed E-state index contributed by atoms with van der Waals surface area (Å²) >= 11 is 0. The van der Waals surface area contributed by atoms with Crippen molar-refractivity contribution in [2.75, 3.05) is 56.1 Å². The highest BCUT2D eigenvalue weighted by Gasteiger charge is 2.28. The number of nitrogens with zero attached hydrogens (tertiary/aromatic N) is 4. The molecule has 0 spiro atoms. The van der Waals surface area contributed by atoms with Crippen LogP contribution in [0.1, 0.15) is 13.3 Å². The van der Waals surface area contributed by atoms with Crippen molar-refractivity contribution in [1.82, 2.24) is 14.9 Å². The number of hydrogen-bond acceptors (Lipinski definition) is 7. The number of nitrogens with one attached hydrogen (secondary N) is 1. The van der Waals surface area contributed by atoms with Gasteiger partial charge < -0.3 is 20.4 Å².